The summed E-state index contributed by atoms with van der Waals surface area (Å²) in [6.07, 6.45) is 2.84. The Morgan fingerprint density at radius 1 is 1.25 bits per heavy atom. The van der Waals surface area contributed by atoms with Gasteiger partial charge in [0, 0.05) is 24.1 Å². The Kier molecular flexibility index (Phi) is 2.63. The van der Waals surface area contributed by atoms with Crippen LogP contribution in [0.2, 0.25) is 0 Å². The van der Waals surface area contributed by atoms with Crippen molar-refractivity contribution in [3.8, 4) is 0 Å². The lowest BCUT2D eigenvalue weighted by Gasteiger charge is -2.04. The van der Waals surface area contributed by atoms with Crippen molar-refractivity contribution in [3.05, 3.63) is 48.3 Å². The average Bonchev–Trinajstić information content (AvgIpc) is 2.68. The second-order valence-corrected chi connectivity index (χ2v) is 3.04. The van der Waals surface area contributed by atoms with E-state index in [9.17, 15) is 13.6 Å². The summed E-state index contributed by atoms with van der Waals surface area (Å²) in [4.78, 5) is 11.4. The molecule has 0 saturated carbocycles. The molecule has 1 heterocycles. The first-order chi connectivity index (χ1) is 7.65. The van der Waals surface area contributed by atoms with Crippen LogP contribution in [0.4, 0.5) is 19.3 Å². The topological polar surface area (TPSA) is 46.9 Å². The lowest BCUT2D eigenvalue weighted by molar-refractivity contribution is 0.251. The number of nitrogens with one attached hydrogen (secondary N) is 1. The molecule has 0 bridgehead atoms. The van der Waals surface area contributed by atoms with Crippen molar-refractivity contribution in [2.75, 3.05) is 5.32 Å². The van der Waals surface area contributed by atoms with E-state index in [1.807, 2.05) is 0 Å². The van der Waals surface area contributed by atoms with Crippen molar-refractivity contribution in [2.45, 2.75) is 0 Å². The molecule has 0 spiro atoms. The number of hydrogen-bond donors (Lipinski definition) is 1. The molecule has 82 valence electrons. The fourth-order valence-corrected chi connectivity index (χ4v) is 1.20. The zero-order chi connectivity index (χ0) is 11.5. The molecule has 2 aromatic rings. The molecule has 6 heteroatoms. The molecule has 0 aliphatic heterocycles. The van der Waals surface area contributed by atoms with Crippen molar-refractivity contribution in [3.63, 3.8) is 0 Å². The third-order valence-corrected chi connectivity index (χ3v) is 1.83. The van der Waals surface area contributed by atoms with Crippen LogP contribution < -0.4 is 5.32 Å². The molecule has 1 aromatic heterocycles. The third-order valence-electron chi connectivity index (χ3n) is 1.83. The highest BCUT2D eigenvalue weighted by Crippen LogP contribution is 2.12. The van der Waals surface area contributed by atoms with Crippen LogP contribution in [0.25, 0.3) is 0 Å². The van der Waals surface area contributed by atoms with Crippen LogP contribution >= 0.6 is 0 Å². The van der Waals surface area contributed by atoms with Gasteiger partial charge in [0.25, 0.3) is 0 Å². The van der Waals surface area contributed by atoms with Crippen molar-refractivity contribution in [1.82, 2.24) is 9.78 Å². The number of rotatable bonds is 1. The monoisotopic (exact) mass is 223 g/mol. The second-order valence-electron chi connectivity index (χ2n) is 3.04. The summed E-state index contributed by atoms with van der Waals surface area (Å²) in [5.41, 5.74) is 0.0398. The fourth-order valence-electron chi connectivity index (χ4n) is 1.20. The fraction of sp³-hybridized carbons (Fsp3) is 0. The van der Waals surface area contributed by atoms with Gasteiger partial charge in [0.15, 0.2) is 0 Å². The van der Waals surface area contributed by atoms with E-state index in [0.717, 1.165) is 22.9 Å². The summed E-state index contributed by atoms with van der Waals surface area (Å²) >= 11 is 0. The molecule has 1 amide bonds. The van der Waals surface area contributed by atoms with E-state index >= 15 is 0 Å². The molecule has 4 nitrogen and oxygen atoms in total. The van der Waals surface area contributed by atoms with Crippen LogP contribution in [-0.4, -0.2) is 15.8 Å². The number of carbonyl (C=O) groups excluding carboxylic acids is 1. The standard InChI is InChI=1S/C10H7F2N3O/c11-7-4-8(12)6-9(5-7)14-10(16)15-3-1-2-13-15/h1-6H,(H,14,16). The van der Waals surface area contributed by atoms with Gasteiger partial charge in [-0.15, -0.1) is 0 Å². The maximum atomic E-state index is 12.8. The molecule has 2 rings (SSSR count). The number of halogens is 2. The maximum Gasteiger partial charge on any atom is 0.346 e. The molecule has 1 aromatic carbocycles. The number of nitrogens with zero attached hydrogens (tertiary/aromatic N) is 2. The normalized spacial score (nSPS) is 10.1. The minimum Gasteiger partial charge on any atom is -0.306 e. The van der Waals surface area contributed by atoms with Gasteiger partial charge in [-0.3, -0.25) is 0 Å². The van der Waals surface area contributed by atoms with Gasteiger partial charge in [0.05, 0.1) is 0 Å². The summed E-state index contributed by atoms with van der Waals surface area (Å²) in [5, 5.41) is 5.98. The van der Waals surface area contributed by atoms with Gasteiger partial charge in [0.1, 0.15) is 11.6 Å². The van der Waals surface area contributed by atoms with E-state index in [1.165, 1.54) is 12.4 Å². The first-order valence-electron chi connectivity index (χ1n) is 4.42. The Bertz CT molecular complexity index is 491. The van der Waals surface area contributed by atoms with Gasteiger partial charge in [-0.2, -0.15) is 9.78 Å². The van der Waals surface area contributed by atoms with E-state index in [0.29, 0.717) is 0 Å². The van der Waals surface area contributed by atoms with Crippen LogP contribution in [-0.2, 0) is 0 Å². The number of hydrogen-bond acceptors (Lipinski definition) is 2. The molecule has 0 saturated heterocycles. The summed E-state index contributed by atoms with van der Waals surface area (Å²) in [7, 11) is 0. The third kappa shape index (κ3) is 2.22. The van der Waals surface area contributed by atoms with Crippen molar-refractivity contribution < 1.29 is 13.6 Å². The van der Waals surface area contributed by atoms with E-state index in [2.05, 4.69) is 10.4 Å². The predicted molar refractivity (Wildman–Crippen MR) is 53.0 cm³/mol. The second kappa shape index (κ2) is 4.09. The quantitative estimate of drug-likeness (QED) is 0.805. The molecule has 0 aliphatic carbocycles. The molecule has 0 aliphatic rings. The van der Waals surface area contributed by atoms with Gasteiger partial charge < -0.3 is 5.32 Å². The highest BCUT2D eigenvalue weighted by molar-refractivity contribution is 5.90. The lowest BCUT2D eigenvalue weighted by Crippen LogP contribution is -2.19. The molecule has 0 atom stereocenters. The number of aromatic nitrogens is 2. The molecule has 1 N–H and O–H groups in total. The average molecular weight is 223 g/mol. The van der Waals surface area contributed by atoms with Crippen molar-refractivity contribution in [1.29, 1.82) is 0 Å². The summed E-state index contributed by atoms with van der Waals surface area (Å²) < 4.78 is 26.6. The van der Waals surface area contributed by atoms with Crippen molar-refractivity contribution in [2.24, 2.45) is 0 Å². The van der Waals surface area contributed by atoms with E-state index < -0.39 is 17.7 Å². The number of anilines is 1. The highest BCUT2D eigenvalue weighted by atomic mass is 19.1. The Morgan fingerprint density at radius 2 is 1.94 bits per heavy atom. The highest BCUT2D eigenvalue weighted by Gasteiger charge is 2.06. The molecule has 0 radical (unpaired) electrons. The van der Waals surface area contributed by atoms with E-state index in [4.69, 9.17) is 0 Å². The minimum atomic E-state index is -0.754. The first-order valence-corrected chi connectivity index (χ1v) is 4.42. The van der Waals surface area contributed by atoms with Gasteiger partial charge in [-0.1, -0.05) is 0 Å². The number of benzene rings is 1. The summed E-state index contributed by atoms with van der Waals surface area (Å²) in [6.45, 7) is 0. The first kappa shape index (κ1) is 10.3. The number of carbonyl (C=O) groups is 1. The maximum absolute atomic E-state index is 12.8. The van der Waals surface area contributed by atoms with Crippen LogP contribution in [0.5, 0.6) is 0 Å². The van der Waals surface area contributed by atoms with Gasteiger partial charge >= 0.3 is 6.03 Å². The SMILES string of the molecule is O=C(Nc1cc(F)cc(F)c1)n1cccn1. The molecule has 16 heavy (non-hydrogen) atoms. The zero-order valence-corrected chi connectivity index (χ0v) is 8.02. The minimum absolute atomic E-state index is 0.0398. The van der Waals surface area contributed by atoms with Gasteiger partial charge in [-0.05, 0) is 18.2 Å². The van der Waals surface area contributed by atoms with E-state index in [-0.39, 0.29) is 5.69 Å². The lowest BCUT2D eigenvalue weighted by atomic mass is 10.3. The Morgan fingerprint density at radius 3 is 2.50 bits per heavy atom. The van der Waals surface area contributed by atoms with Gasteiger partial charge in [0.2, 0.25) is 0 Å². The Hall–Kier alpha value is -2.24. The Labute approximate surface area is 89.5 Å². The van der Waals surface area contributed by atoms with Crippen LogP contribution in [0, 0.1) is 11.6 Å². The van der Waals surface area contributed by atoms with Crippen LogP contribution in [0.1, 0.15) is 0 Å². The largest absolute Gasteiger partial charge is 0.346 e. The van der Waals surface area contributed by atoms with Crippen molar-refractivity contribution >= 4 is 11.7 Å². The molecule has 0 fully saturated rings. The van der Waals surface area contributed by atoms with Gasteiger partial charge in [-0.25, -0.2) is 13.6 Å². The smallest absolute Gasteiger partial charge is 0.306 e. The molecular formula is C10H7F2N3O. The summed E-state index contributed by atoms with van der Waals surface area (Å²) in [6, 6.07) is 3.74. The molecular weight excluding hydrogens is 216 g/mol. The zero-order valence-electron chi connectivity index (χ0n) is 8.02. The number of amides is 1. The predicted octanol–water partition coefficient (Wildman–Crippen LogP) is 2.24. The van der Waals surface area contributed by atoms with E-state index in [1.54, 1.807) is 6.07 Å². The van der Waals surface area contributed by atoms with Crippen LogP contribution in [0.15, 0.2) is 36.7 Å². The molecule has 0 unspecified atom stereocenters. The van der Waals surface area contributed by atoms with Crippen LogP contribution in [0.3, 0.4) is 0 Å². The Balaban J connectivity index is 2.18. The summed E-state index contributed by atoms with van der Waals surface area (Å²) in [5.74, 6) is -1.51.